The Morgan fingerprint density at radius 3 is 3.05 bits per heavy atom. The summed E-state index contributed by atoms with van der Waals surface area (Å²) in [4.78, 5) is 0. The molecular weight excluding hydrogens is 297 g/mol. The maximum absolute atomic E-state index is 13.8. The number of halogens is 2. The quantitative estimate of drug-likeness (QED) is 0.882. The first kappa shape index (κ1) is 14.0. The monoisotopic (exact) mass is 309 g/mol. The molecule has 0 fully saturated rings. The van der Waals surface area contributed by atoms with E-state index in [1.165, 1.54) is 12.1 Å². The van der Waals surface area contributed by atoms with Crippen LogP contribution in [0.1, 0.15) is 11.1 Å². The van der Waals surface area contributed by atoms with Crippen molar-refractivity contribution in [2.45, 2.75) is 13.2 Å². The third kappa shape index (κ3) is 2.89. The van der Waals surface area contributed by atoms with Gasteiger partial charge in [0.1, 0.15) is 12.4 Å². The van der Waals surface area contributed by atoms with E-state index in [1.807, 2.05) is 0 Å². The predicted octanol–water partition coefficient (Wildman–Crippen LogP) is 3.51. The largest absolute Gasteiger partial charge is 0.486 e. The minimum absolute atomic E-state index is 0.0201. The summed E-state index contributed by atoms with van der Waals surface area (Å²) in [7, 11) is 0. The summed E-state index contributed by atoms with van der Waals surface area (Å²) in [5.74, 6) is 0.185. The summed E-state index contributed by atoms with van der Waals surface area (Å²) < 4.78 is 30.0. The first-order chi connectivity index (χ1) is 10.1. The maximum atomic E-state index is 13.8. The molecule has 2 N–H and O–H groups in total. The van der Waals surface area contributed by atoms with Gasteiger partial charge in [-0.15, -0.1) is 0 Å². The summed E-state index contributed by atoms with van der Waals surface area (Å²) in [6.07, 6.45) is 0. The highest BCUT2D eigenvalue weighted by Gasteiger charge is 2.17. The zero-order valence-electron chi connectivity index (χ0n) is 11.1. The van der Waals surface area contributed by atoms with Crippen LogP contribution < -0.4 is 15.2 Å². The van der Waals surface area contributed by atoms with Crippen LogP contribution >= 0.6 is 11.6 Å². The van der Waals surface area contributed by atoms with Gasteiger partial charge in [0.2, 0.25) is 0 Å². The van der Waals surface area contributed by atoms with Gasteiger partial charge >= 0.3 is 0 Å². The van der Waals surface area contributed by atoms with E-state index >= 15 is 0 Å². The van der Waals surface area contributed by atoms with Gasteiger partial charge in [-0.25, -0.2) is 4.39 Å². The van der Waals surface area contributed by atoms with Gasteiger partial charge in [0.25, 0.3) is 0 Å². The van der Waals surface area contributed by atoms with Crippen molar-refractivity contribution in [2.75, 3.05) is 12.5 Å². The molecule has 0 radical (unpaired) electrons. The molecule has 0 aliphatic carbocycles. The molecule has 1 aliphatic rings. The molecule has 3 rings (SSSR count). The molecule has 0 spiro atoms. The molecule has 0 saturated carbocycles. The number of rotatable bonds is 3. The Labute approximate surface area is 126 Å². The molecule has 0 unspecified atom stereocenters. The number of nitrogen functional groups attached to an aromatic ring is 1. The van der Waals surface area contributed by atoms with Gasteiger partial charge in [-0.05, 0) is 24.3 Å². The number of fused-ring (bicyclic) bond motifs is 1. The molecule has 4 nitrogen and oxygen atoms in total. The summed E-state index contributed by atoms with van der Waals surface area (Å²) in [6.45, 7) is 0.735. The van der Waals surface area contributed by atoms with Crippen LogP contribution in [-0.4, -0.2) is 6.79 Å². The van der Waals surface area contributed by atoms with E-state index in [4.69, 9.17) is 31.5 Å². The summed E-state index contributed by atoms with van der Waals surface area (Å²) >= 11 is 5.72. The second-order valence-electron chi connectivity index (χ2n) is 4.62. The SMILES string of the molecule is Nc1cc2c(c(COc3cccc(Cl)c3F)c1)OCOC2. The van der Waals surface area contributed by atoms with Gasteiger partial charge in [-0.2, -0.15) is 0 Å². The van der Waals surface area contributed by atoms with Crippen LogP contribution in [0.3, 0.4) is 0 Å². The molecule has 1 aliphatic heterocycles. The fourth-order valence-electron chi connectivity index (χ4n) is 2.18. The fourth-order valence-corrected chi connectivity index (χ4v) is 2.35. The Balaban J connectivity index is 1.85. The smallest absolute Gasteiger partial charge is 0.189 e. The van der Waals surface area contributed by atoms with Crippen molar-refractivity contribution >= 4 is 17.3 Å². The van der Waals surface area contributed by atoms with Crippen molar-refractivity contribution in [1.29, 1.82) is 0 Å². The molecule has 0 atom stereocenters. The van der Waals surface area contributed by atoms with Crippen molar-refractivity contribution in [1.82, 2.24) is 0 Å². The Kier molecular flexibility index (Phi) is 3.86. The lowest BCUT2D eigenvalue weighted by atomic mass is 10.1. The minimum Gasteiger partial charge on any atom is -0.486 e. The lowest BCUT2D eigenvalue weighted by molar-refractivity contribution is -0.0175. The van der Waals surface area contributed by atoms with Crippen LogP contribution in [0.4, 0.5) is 10.1 Å². The third-order valence-electron chi connectivity index (χ3n) is 3.11. The molecule has 21 heavy (non-hydrogen) atoms. The summed E-state index contributed by atoms with van der Waals surface area (Å²) in [6, 6.07) is 8.14. The third-order valence-corrected chi connectivity index (χ3v) is 3.40. The summed E-state index contributed by atoms with van der Waals surface area (Å²) in [5.41, 5.74) is 8.02. The number of hydrogen-bond acceptors (Lipinski definition) is 4. The van der Waals surface area contributed by atoms with Gasteiger partial charge < -0.3 is 19.9 Å². The highest BCUT2D eigenvalue weighted by atomic mass is 35.5. The fraction of sp³-hybridized carbons (Fsp3) is 0.200. The van der Waals surface area contributed by atoms with E-state index < -0.39 is 5.82 Å². The Bertz CT molecular complexity index is 678. The van der Waals surface area contributed by atoms with Crippen LogP contribution in [0.2, 0.25) is 5.02 Å². The van der Waals surface area contributed by atoms with Crippen molar-refractivity contribution in [3.8, 4) is 11.5 Å². The van der Waals surface area contributed by atoms with E-state index in [1.54, 1.807) is 18.2 Å². The van der Waals surface area contributed by atoms with Gasteiger partial charge in [-0.1, -0.05) is 17.7 Å². The zero-order valence-corrected chi connectivity index (χ0v) is 11.8. The average Bonchev–Trinajstić information content (AvgIpc) is 2.48. The molecule has 0 aromatic heterocycles. The average molecular weight is 310 g/mol. The highest BCUT2D eigenvalue weighted by molar-refractivity contribution is 6.30. The number of ether oxygens (including phenoxy) is 3. The Morgan fingerprint density at radius 1 is 1.33 bits per heavy atom. The van der Waals surface area contributed by atoms with E-state index in [0.717, 1.165) is 11.1 Å². The number of nitrogens with two attached hydrogens (primary N) is 1. The topological polar surface area (TPSA) is 53.7 Å². The van der Waals surface area contributed by atoms with Gasteiger partial charge in [0.05, 0.1) is 11.6 Å². The standard InChI is InChI=1S/C15H13ClFNO3/c16-12-2-1-3-13(14(12)17)20-7-10-5-11(18)4-9-6-19-8-21-15(9)10/h1-5H,6-8,18H2. The second-order valence-corrected chi connectivity index (χ2v) is 5.03. The molecule has 0 bridgehead atoms. The molecule has 0 saturated heterocycles. The Morgan fingerprint density at radius 2 is 2.19 bits per heavy atom. The number of anilines is 1. The van der Waals surface area contributed by atoms with Crippen LogP contribution in [0.25, 0.3) is 0 Å². The first-order valence-electron chi connectivity index (χ1n) is 6.34. The number of benzene rings is 2. The van der Waals surface area contributed by atoms with E-state index in [0.29, 0.717) is 18.0 Å². The lowest BCUT2D eigenvalue weighted by Gasteiger charge is -2.21. The van der Waals surface area contributed by atoms with Crippen molar-refractivity contribution in [3.05, 3.63) is 52.3 Å². The van der Waals surface area contributed by atoms with Crippen LogP contribution in [0.5, 0.6) is 11.5 Å². The van der Waals surface area contributed by atoms with Gasteiger partial charge in [-0.3, -0.25) is 0 Å². The highest BCUT2D eigenvalue weighted by Crippen LogP contribution is 2.32. The summed E-state index contributed by atoms with van der Waals surface area (Å²) in [5, 5.41) is 0.0201. The van der Waals surface area contributed by atoms with E-state index in [2.05, 4.69) is 0 Å². The molecule has 1 heterocycles. The molecule has 0 amide bonds. The minimum atomic E-state index is -0.582. The van der Waals surface area contributed by atoms with Gasteiger partial charge in [0.15, 0.2) is 18.4 Å². The van der Waals surface area contributed by atoms with E-state index in [9.17, 15) is 4.39 Å². The second kappa shape index (κ2) is 5.79. The van der Waals surface area contributed by atoms with E-state index in [-0.39, 0.29) is 24.2 Å². The zero-order chi connectivity index (χ0) is 14.8. The normalized spacial score (nSPS) is 13.4. The molecule has 110 valence electrons. The molecule has 6 heteroatoms. The molecular formula is C15H13ClFNO3. The van der Waals surface area contributed by atoms with Crippen molar-refractivity contribution in [3.63, 3.8) is 0 Å². The predicted molar refractivity (Wildman–Crippen MR) is 76.9 cm³/mol. The van der Waals surface area contributed by atoms with Crippen LogP contribution in [-0.2, 0) is 18.0 Å². The molecule has 2 aromatic rings. The van der Waals surface area contributed by atoms with Crippen LogP contribution in [0.15, 0.2) is 30.3 Å². The maximum Gasteiger partial charge on any atom is 0.189 e. The Hall–Kier alpha value is -1.98. The lowest BCUT2D eigenvalue weighted by Crippen LogP contribution is -2.14. The van der Waals surface area contributed by atoms with Crippen molar-refractivity contribution < 1.29 is 18.6 Å². The number of hydrogen-bond donors (Lipinski definition) is 1. The molecule has 2 aromatic carbocycles. The van der Waals surface area contributed by atoms with Crippen molar-refractivity contribution in [2.24, 2.45) is 0 Å². The van der Waals surface area contributed by atoms with Crippen LogP contribution in [0, 0.1) is 5.82 Å². The van der Waals surface area contributed by atoms with Gasteiger partial charge in [0, 0.05) is 16.8 Å². The first-order valence-corrected chi connectivity index (χ1v) is 6.71.